The van der Waals surface area contributed by atoms with Crippen LogP contribution in [0.5, 0.6) is 0 Å². The number of imidazole rings is 1. The summed E-state index contributed by atoms with van der Waals surface area (Å²) >= 11 is 6.00. The van der Waals surface area contributed by atoms with Crippen LogP contribution in [0.4, 0.5) is 0 Å². The summed E-state index contributed by atoms with van der Waals surface area (Å²) in [6, 6.07) is 0.459. The molecule has 1 aliphatic rings. The largest absolute Gasteiger partial charge is 0.339 e. The Bertz CT molecular complexity index is 426. The second-order valence-electron chi connectivity index (χ2n) is 4.53. The number of rotatable bonds is 5. The minimum atomic E-state index is 0.197. The van der Waals surface area contributed by atoms with Crippen LogP contribution in [-0.4, -0.2) is 46.5 Å². The highest BCUT2D eigenvalue weighted by molar-refractivity contribution is 6.29. The van der Waals surface area contributed by atoms with Crippen LogP contribution >= 0.6 is 11.6 Å². The number of likely N-dealkylation sites (N-methyl/N-ethyl adjacent to an activating group) is 1. The van der Waals surface area contributed by atoms with Crippen molar-refractivity contribution in [3.8, 4) is 0 Å². The van der Waals surface area contributed by atoms with Crippen LogP contribution in [0.1, 0.15) is 19.2 Å². The van der Waals surface area contributed by atoms with E-state index in [9.17, 15) is 4.79 Å². The van der Waals surface area contributed by atoms with E-state index in [1.54, 1.807) is 6.20 Å². The van der Waals surface area contributed by atoms with Crippen molar-refractivity contribution in [3.05, 3.63) is 17.2 Å². The predicted octanol–water partition coefficient (Wildman–Crippen LogP) is 0.919. The molecule has 1 N–H and O–H groups in total. The van der Waals surface area contributed by atoms with E-state index in [0.717, 1.165) is 25.5 Å². The van der Waals surface area contributed by atoms with E-state index in [-0.39, 0.29) is 5.91 Å². The van der Waals surface area contributed by atoms with Crippen LogP contribution in [0, 0.1) is 0 Å². The minimum absolute atomic E-state index is 0.197. The molecule has 0 aromatic carbocycles. The van der Waals surface area contributed by atoms with Crippen molar-refractivity contribution < 1.29 is 4.79 Å². The molecule has 0 atom stereocenters. The number of hydrogen-bond acceptors (Lipinski definition) is 3. The number of likely N-dealkylation sites (tertiary alicyclic amines) is 1. The molecule has 1 saturated heterocycles. The van der Waals surface area contributed by atoms with Gasteiger partial charge in [0.15, 0.2) is 0 Å². The number of amides is 1. The number of nitrogens with zero attached hydrogens (tertiary/aromatic N) is 3. The highest BCUT2D eigenvalue weighted by Gasteiger charge is 2.28. The molecule has 1 amide bonds. The fraction of sp³-hybridized carbons (Fsp3) is 0.667. The van der Waals surface area contributed by atoms with Crippen molar-refractivity contribution in [2.45, 2.75) is 32.4 Å². The second-order valence-corrected chi connectivity index (χ2v) is 4.91. The van der Waals surface area contributed by atoms with Gasteiger partial charge in [0, 0.05) is 38.5 Å². The molecule has 100 valence electrons. The van der Waals surface area contributed by atoms with Gasteiger partial charge in [-0.05, 0) is 14.0 Å². The lowest BCUT2D eigenvalue weighted by Crippen LogP contribution is -2.58. The first-order chi connectivity index (χ1) is 8.65. The summed E-state index contributed by atoms with van der Waals surface area (Å²) in [7, 11) is 1.92. The Morgan fingerprint density at radius 2 is 2.33 bits per heavy atom. The van der Waals surface area contributed by atoms with Crippen molar-refractivity contribution in [1.29, 1.82) is 0 Å². The van der Waals surface area contributed by atoms with Gasteiger partial charge in [-0.3, -0.25) is 4.79 Å². The lowest BCUT2D eigenvalue weighted by Gasteiger charge is -2.39. The average Bonchev–Trinajstić information content (AvgIpc) is 2.65. The first-order valence-electron chi connectivity index (χ1n) is 6.30. The summed E-state index contributed by atoms with van der Waals surface area (Å²) in [6.07, 6.45) is 2.80. The molecule has 1 fully saturated rings. The zero-order valence-electron chi connectivity index (χ0n) is 10.8. The van der Waals surface area contributed by atoms with Gasteiger partial charge >= 0.3 is 0 Å². The lowest BCUT2D eigenvalue weighted by molar-refractivity contribution is -0.135. The van der Waals surface area contributed by atoms with Crippen molar-refractivity contribution in [3.63, 3.8) is 0 Å². The summed E-state index contributed by atoms with van der Waals surface area (Å²) in [4.78, 5) is 18.0. The summed E-state index contributed by atoms with van der Waals surface area (Å²) in [5.41, 5.74) is 0. The third kappa shape index (κ3) is 2.67. The normalized spacial score (nSPS) is 15.8. The van der Waals surface area contributed by atoms with E-state index < -0.39 is 0 Å². The lowest BCUT2D eigenvalue weighted by atomic mass is 10.1. The van der Waals surface area contributed by atoms with Crippen molar-refractivity contribution in [2.24, 2.45) is 0 Å². The maximum absolute atomic E-state index is 11.9. The zero-order chi connectivity index (χ0) is 13.1. The van der Waals surface area contributed by atoms with Gasteiger partial charge in [-0.1, -0.05) is 11.6 Å². The van der Waals surface area contributed by atoms with Crippen LogP contribution in [0.3, 0.4) is 0 Å². The van der Waals surface area contributed by atoms with Crippen LogP contribution in [-0.2, 0) is 17.8 Å². The molecule has 0 spiro atoms. The van der Waals surface area contributed by atoms with Gasteiger partial charge in [0.05, 0.1) is 6.20 Å². The minimum Gasteiger partial charge on any atom is -0.339 e. The van der Waals surface area contributed by atoms with E-state index in [4.69, 9.17) is 11.6 Å². The molecule has 0 saturated carbocycles. The van der Waals surface area contributed by atoms with Crippen molar-refractivity contribution in [2.75, 3.05) is 20.1 Å². The van der Waals surface area contributed by atoms with Gasteiger partial charge in [0.1, 0.15) is 11.0 Å². The van der Waals surface area contributed by atoms with Crippen LogP contribution in [0.15, 0.2) is 6.20 Å². The first-order valence-corrected chi connectivity index (χ1v) is 6.68. The highest BCUT2D eigenvalue weighted by atomic mass is 35.5. The SMILES string of the molecule is CCn1c(Cl)cnc1CCC(=O)N1CC(NC)C1. The monoisotopic (exact) mass is 270 g/mol. The van der Waals surface area contributed by atoms with Gasteiger partial charge < -0.3 is 14.8 Å². The molecule has 0 bridgehead atoms. The smallest absolute Gasteiger partial charge is 0.223 e. The number of carbonyl (C=O) groups is 1. The summed E-state index contributed by atoms with van der Waals surface area (Å²) in [6.45, 7) is 4.44. The molecule has 0 unspecified atom stereocenters. The Balaban J connectivity index is 1.83. The highest BCUT2D eigenvalue weighted by Crippen LogP contribution is 2.15. The van der Waals surface area contributed by atoms with Gasteiger partial charge in [-0.2, -0.15) is 0 Å². The van der Waals surface area contributed by atoms with E-state index >= 15 is 0 Å². The summed E-state index contributed by atoms with van der Waals surface area (Å²) < 4.78 is 1.93. The molecular formula is C12H19ClN4O. The topological polar surface area (TPSA) is 50.2 Å². The van der Waals surface area contributed by atoms with E-state index in [0.29, 0.717) is 24.0 Å². The average molecular weight is 271 g/mol. The molecule has 0 radical (unpaired) electrons. The standard InChI is InChI=1S/C12H19ClN4O/c1-3-17-10(13)6-15-11(17)4-5-12(18)16-7-9(8-16)14-2/h6,9,14H,3-5,7-8H2,1-2H3. The Morgan fingerprint density at radius 3 is 2.94 bits per heavy atom. The quantitative estimate of drug-likeness (QED) is 0.866. The maximum Gasteiger partial charge on any atom is 0.223 e. The summed E-state index contributed by atoms with van der Waals surface area (Å²) in [5, 5.41) is 3.79. The third-order valence-electron chi connectivity index (χ3n) is 3.41. The van der Waals surface area contributed by atoms with Crippen LogP contribution in [0.2, 0.25) is 5.15 Å². The summed E-state index contributed by atoms with van der Waals surface area (Å²) in [5.74, 6) is 1.09. The number of nitrogens with one attached hydrogen (secondary N) is 1. The number of aryl methyl sites for hydroxylation is 1. The van der Waals surface area contributed by atoms with Crippen LogP contribution < -0.4 is 5.32 Å². The Kier molecular flexibility index (Phi) is 4.24. The third-order valence-corrected chi connectivity index (χ3v) is 3.71. The molecule has 6 heteroatoms. The van der Waals surface area contributed by atoms with Gasteiger partial charge in [-0.15, -0.1) is 0 Å². The molecule has 0 aliphatic carbocycles. The Hall–Kier alpha value is -1.07. The number of hydrogen-bond donors (Lipinski definition) is 1. The molecule has 1 aliphatic heterocycles. The molecule has 18 heavy (non-hydrogen) atoms. The van der Waals surface area contributed by atoms with Crippen molar-refractivity contribution in [1.82, 2.24) is 19.8 Å². The fourth-order valence-corrected chi connectivity index (χ4v) is 2.43. The van der Waals surface area contributed by atoms with Gasteiger partial charge in [0.2, 0.25) is 5.91 Å². The maximum atomic E-state index is 11.9. The molecule has 1 aromatic heterocycles. The Morgan fingerprint density at radius 1 is 1.61 bits per heavy atom. The molecule has 2 heterocycles. The van der Waals surface area contributed by atoms with Gasteiger partial charge in [0.25, 0.3) is 0 Å². The van der Waals surface area contributed by atoms with E-state index in [1.165, 1.54) is 0 Å². The molecule has 1 aromatic rings. The van der Waals surface area contributed by atoms with Gasteiger partial charge in [-0.25, -0.2) is 4.98 Å². The fourth-order valence-electron chi connectivity index (χ4n) is 2.17. The zero-order valence-corrected chi connectivity index (χ0v) is 11.6. The number of carbonyl (C=O) groups excluding carboxylic acids is 1. The number of aromatic nitrogens is 2. The Labute approximate surface area is 112 Å². The van der Waals surface area contributed by atoms with E-state index in [2.05, 4.69) is 10.3 Å². The predicted molar refractivity (Wildman–Crippen MR) is 70.7 cm³/mol. The van der Waals surface area contributed by atoms with Crippen molar-refractivity contribution >= 4 is 17.5 Å². The number of halogens is 1. The second kappa shape index (κ2) is 5.71. The molecule has 2 rings (SSSR count). The molecule has 5 nitrogen and oxygen atoms in total. The van der Waals surface area contributed by atoms with E-state index in [1.807, 2.05) is 23.4 Å². The first kappa shape index (κ1) is 13.4. The van der Waals surface area contributed by atoms with Crippen LogP contribution in [0.25, 0.3) is 0 Å². The molecular weight excluding hydrogens is 252 g/mol.